The molecule has 0 rings (SSSR count). The zero-order valence-electron chi connectivity index (χ0n) is 5.55. The summed E-state index contributed by atoms with van der Waals surface area (Å²) >= 11 is 0. The molecule has 0 saturated heterocycles. The molecule has 0 saturated carbocycles. The van der Waals surface area contributed by atoms with Crippen LogP contribution in [0.1, 0.15) is 12.8 Å². The molecule has 0 aliphatic heterocycles. The van der Waals surface area contributed by atoms with Crippen LogP contribution in [-0.4, -0.2) is 25.6 Å². The molecule has 0 radical (unpaired) electrons. The third-order valence-corrected chi connectivity index (χ3v) is 1.19. The molecule has 0 aliphatic rings. The Morgan fingerprint density at radius 2 is 2.33 bits per heavy atom. The van der Waals surface area contributed by atoms with Crippen molar-refractivity contribution < 1.29 is 4.79 Å². The predicted octanol–water partition coefficient (Wildman–Crippen LogP) is 0.203. The highest BCUT2D eigenvalue weighted by atomic mass is 16.1. The van der Waals surface area contributed by atoms with Gasteiger partial charge >= 0.3 is 0 Å². The van der Waals surface area contributed by atoms with Gasteiger partial charge in [0.05, 0.1) is 0 Å². The first-order valence-electron chi connectivity index (χ1n) is 2.95. The summed E-state index contributed by atoms with van der Waals surface area (Å²) in [5, 5.41) is 9.66. The first-order valence-corrected chi connectivity index (χ1v) is 2.95. The van der Waals surface area contributed by atoms with Crippen molar-refractivity contribution >= 4 is 12.5 Å². The topological polar surface area (TPSA) is 53.0 Å². The molecular formula is C6H12N2O. The number of hydrogen-bond donors (Lipinski definition) is 2. The van der Waals surface area contributed by atoms with Crippen molar-refractivity contribution in [1.82, 2.24) is 5.32 Å². The van der Waals surface area contributed by atoms with Crippen LogP contribution >= 0.6 is 0 Å². The van der Waals surface area contributed by atoms with Gasteiger partial charge in [0, 0.05) is 12.5 Å². The second kappa shape index (κ2) is 5.44. The van der Waals surface area contributed by atoms with Gasteiger partial charge in [0.15, 0.2) is 0 Å². The highest BCUT2D eigenvalue weighted by molar-refractivity contribution is 5.57. The summed E-state index contributed by atoms with van der Waals surface area (Å²) < 4.78 is 0. The first kappa shape index (κ1) is 8.30. The normalized spacial score (nSPS) is 12.6. The zero-order chi connectivity index (χ0) is 7.11. The third-order valence-electron chi connectivity index (χ3n) is 1.19. The van der Waals surface area contributed by atoms with Crippen LogP contribution in [0.4, 0.5) is 0 Å². The summed E-state index contributed by atoms with van der Waals surface area (Å²) in [6.07, 6.45) is 3.30. The lowest BCUT2D eigenvalue weighted by atomic mass is 10.2. The van der Waals surface area contributed by atoms with Gasteiger partial charge in [-0.25, -0.2) is 0 Å². The van der Waals surface area contributed by atoms with Gasteiger partial charge in [-0.15, -0.1) is 0 Å². The lowest BCUT2D eigenvalue weighted by Gasteiger charge is -2.07. The van der Waals surface area contributed by atoms with Crippen LogP contribution in [0, 0.1) is 5.41 Å². The Balaban J connectivity index is 3.39. The molecule has 3 nitrogen and oxygen atoms in total. The van der Waals surface area contributed by atoms with Crippen molar-refractivity contribution in [2.45, 2.75) is 18.9 Å². The van der Waals surface area contributed by atoms with Crippen molar-refractivity contribution in [3.8, 4) is 0 Å². The molecule has 2 N–H and O–H groups in total. The largest absolute Gasteiger partial charge is 0.316 e. The van der Waals surface area contributed by atoms with Crippen LogP contribution in [0.25, 0.3) is 0 Å². The van der Waals surface area contributed by atoms with Crippen LogP contribution in [0.3, 0.4) is 0 Å². The van der Waals surface area contributed by atoms with Crippen LogP contribution < -0.4 is 5.32 Å². The standard InChI is InChI=1S/C6H12N2O/c1-8-6(2-4-7)3-5-9/h4-8H,2-3H2,1H3. The van der Waals surface area contributed by atoms with Crippen LogP contribution in [0.15, 0.2) is 0 Å². The Labute approximate surface area is 55.0 Å². The van der Waals surface area contributed by atoms with Crippen LogP contribution in [0.2, 0.25) is 0 Å². The number of rotatable bonds is 5. The van der Waals surface area contributed by atoms with Crippen molar-refractivity contribution in [2.75, 3.05) is 7.05 Å². The molecule has 1 atom stereocenters. The van der Waals surface area contributed by atoms with E-state index in [2.05, 4.69) is 5.32 Å². The van der Waals surface area contributed by atoms with Gasteiger partial charge in [0.1, 0.15) is 6.29 Å². The summed E-state index contributed by atoms with van der Waals surface area (Å²) in [6, 6.07) is 0.153. The number of carbonyl (C=O) groups is 1. The molecule has 0 fully saturated rings. The molecule has 0 aromatic rings. The minimum absolute atomic E-state index is 0.153. The fourth-order valence-electron chi connectivity index (χ4n) is 0.590. The molecule has 0 aromatic carbocycles. The van der Waals surface area contributed by atoms with E-state index in [1.165, 1.54) is 6.21 Å². The van der Waals surface area contributed by atoms with Gasteiger partial charge in [-0.2, -0.15) is 0 Å². The zero-order valence-corrected chi connectivity index (χ0v) is 5.55. The Kier molecular flexibility index (Phi) is 5.01. The molecule has 1 unspecified atom stereocenters. The van der Waals surface area contributed by atoms with Gasteiger partial charge in [-0.05, 0) is 19.7 Å². The summed E-state index contributed by atoms with van der Waals surface area (Å²) in [5.41, 5.74) is 0. The Bertz CT molecular complexity index is 83.1. The van der Waals surface area contributed by atoms with E-state index in [1.54, 1.807) is 7.05 Å². The minimum Gasteiger partial charge on any atom is -0.316 e. The Morgan fingerprint density at radius 1 is 1.67 bits per heavy atom. The smallest absolute Gasteiger partial charge is 0.121 e. The maximum atomic E-state index is 9.93. The molecule has 0 aliphatic carbocycles. The van der Waals surface area contributed by atoms with Crippen molar-refractivity contribution in [2.24, 2.45) is 0 Å². The number of carbonyl (C=O) groups excluding carboxylic acids is 1. The van der Waals surface area contributed by atoms with E-state index in [4.69, 9.17) is 5.41 Å². The molecule has 52 valence electrons. The van der Waals surface area contributed by atoms with Crippen molar-refractivity contribution in [3.63, 3.8) is 0 Å². The SMILES string of the molecule is CNC(CC=N)CC=O. The van der Waals surface area contributed by atoms with Gasteiger partial charge in [0.2, 0.25) is 0 Å². The highest BCUT2D eigenvalue weighted by Gasteiger charge is 2.00. The van der Waals surface area contributed by atoms with Gasteiger partial charge in [0.25, 0.3) is 0 Å². The fourth-order valence-corrected chi connectivity index (χ4v) is 0.590. The molecule has 0 amide bonds. The minimum atomic E-state index is 0.153. The van der Waals surface area contributed by atoms with Crippen molar-refractivity contribution in [3.05, 3.63) is 0 Å². The molecule has 3 heteroatoms. The second-order valence-corrected chi connectivity index (χ2v) is 1.83. The maximum absolute atomic E-state index is 9.93. The molecule has 0 aromatic heterocycles. The monoisotopic (exact) mass is 128 g/mol. The van der Waals surface area contributed by atoms with E-state index in [-0.39, 0.29) is 6.04 Å². The van der Waals surface area contributed by atoms with Crippen LogP contribution in [0.5, 0.6) is 0 Å². The van der Waals surface area contributed by atoms with E-state index in [0.717, 1.165) is 6.29 Å². The Morgan fingerprint density at radius 3 is 2.67 bits per heavy atom. The summed E-state index contributed by atoms with van der Waals surface area (Å²) in [5.74, 6) is 0. The highest BCUT2D eigenvalue weighted by Crippen LogP contribution is 1.90. The molecule has 0 heterocycles. The summed E-state index contributed by atoms with van der Waals surface area (Å²) in [7, 11) is 1.79. The second-order valence-electron chi connectivity index (χ2n) is 1.83. The average molecular weight is 128 g/mol. The number of nitrogens with one attached hydrogen (secondary N) is 2. The number of hydrogen-bond acceptors (Lipinski definition) is 3. The van der Waals surface area contributed by atoms with E-state index in [9.17, 15) is 4.79 Å². The van der Waals surface area contributed by atoms with E-state index >= 15 is 0 Å². The molecular weight excluding hydrogens is 116 g/mol. The fraction of sp³-hybridized carbons (Fsp3) is 0.667. The van der Waals surface area contributed by atoms with Crippen LogP contribution in [-0.2, 0) is 4.79 Å². The molecule has 0 bridgehead atoms. The van der Waals surface area contributed by atoms with E-state index in [1.807, 2.05) is 0 Å². The third kappa shape index (κ3) is 3.85. The lowest BCUT2D eigenvalue weighted by Crippen LogP contribution is -2.25. The lowest BCUT2D eigenvalue weighted by molar-refractivity contribution is -0.108. The first-order chi connectivity index (χ1) is 4.35. The van der Waals surface area contributed by atoms with Gasteiger partial charge in [-0.1, -0.05) is 0 Å². The van der Waals surface area contributed by atoms with Crippen molar-refractivity contribution in [1.29, 1.82) is 5.41 Å². The summed E-state index contributed by atoms with van der Waals surface area (Å²) in [4.78, 5) is 9.93. The predicted molar refractivity (Wildman–Crippen MR) is 36.9 cm³/mol. The average Bonchev–Trinajstić information content (AvgIpc) is 1.88. The Hall–Kier alpha value is -0.700. The number of aldehydes is 1. The van der Waals surface area contributed by atoms with Gasteiger partial charge in [-0.3, -0.25) is 0 Å². The van der Waals surface area contributed by atoms with E-state index in [0.29, 0.717) is 12.8 Å². The van der Waals surface area contributed by atoms with Gasteiger partial charge < -0.3 is 15.5 Å². The molecule has 0 spiro atoms. The maximum Gasteiger partial charge on any atom is 0.121 e. The quantitative estimate of drug-likeness (QED) is 0.410. The molecule has 9 heavy (non-hydrogen) atoms. The van der Waals surface area contributed by atoms with E-state index < -0.39 is 0 Å². The summed E-state index contributed by atoms with van der Waals surface area (Å²) in [6.45, 7) is 0.